The Bertz CT molecular complexity index is 518. The molecule has 0 aliphatic heterocycles. The Morgan fingerprint density at radius 1 is 1.33 bits per heavy atom. The van der Waals surface area contributed by atoms with Crippen LogP contribution in [-0.2, 0) is 9.59 Å². The summed E-state index contributed by atoms with van der Waals surface area (Å²) in [6, 6.07) is 0. The summed E-state index contributed by atoms with van der Waals surface area (Å²) in [5.41, 5.74) is 0.548. The maximum absolute atomic E-state index is 12.4. The van der Waals surface area contributed by atoms with Crippen LogP contribution in [0.2, 0.25) is 0 Å². The molecular formula is C15H16O3. The summed E-state index contributed by atoms with van der Waals surface area (Å²) in [7, 11) is 0. The Balaban J connectivity index is 2.62. The first-order valence-corrected chi connectivity index (χ1v) is 6.11. The molecule has 0 saturated heterocycles. The van der Waals surface area contributed by atoms with Crippen LogP contribution >= 0.6 is 0 Å². The lowest BCUT2D eigenvalue weighted by atomic mass is 9.73. The highest BCUT2D eigenvalue weighted by molar-refractivity contribution is 6.15. The highest BCUT2D eigenvalue weighted by Gasteiger charge is 2.39. The molecule has 0 fully saturated rings. The lowest BCUT2D eigenvalue weighted by molar-refractivity contribution is -0.121. The van der Waals surface area contributed by atoms with Gasteiger partial charge in [0.1, 0.15) is 5.76 Å². The zero-order valence-corrected chi connectivity index (χ0v) is 10.5. The molecule has 3 heteroatoms. The molecule has 2 rings (SSSR count). The molecule has 0 aromatic rings. The van der Waals surface area contributed by atoms with E-state index in [1.54, 1.807) is 30.4 Å². The van der Waals surface area contributed by atoms with E-state index in [-0.39, 0.29) is 28.8 Å². The van der Waals surface area contributed by atoms with Crippen molar-refractivity contribution in [3.8, 4) is 0 Å². The van der Waals surface area contributed by atoms with Crippen LogP contribution in [-0.4, -0.2) is 16.7 Å². The zero-order chi connectivity index (χ0) is 13.3. The normalized spacial score (nSPS) is 28.8. The lowest BCUT2D eigenvalue weighted by Crippen LogP contribution is -2.33. The number of Topliss-reactive ketones (excluding diaryl/α,β-unsaturated/α-hetero) is 2. The molecular weight excluding hydrogens is 228 g/mol. The largest absolute Gasteiger partial charge is 0.511 e. The first-order chi connectivity index (χ1) is 8.57. The highest BCUT2D eigenvalue weighted by Crippen LogP contribution is 2.38. The van der Waals surface area contributed by atoms with Gasteiger partial charge < -0.3 is 5.11 Å². The summed E-state index contributed by atoms with van der Waals surface area (Å²) in [5.74, 6) is -1.09. The van der Waals surface area contributed by atoms with Crippen molar-refractivity contribution in [2.75, 3.05) is 0 Å². The second kappa shape index (κ2) is 4.77. The Morgan fingerprint density at radius 3 is 2.50 bits per heavy atom. The molecule has 0 spiro atoms. The van der Waals surface area contributed by atoms with Gasteiger partial charge in [0.25, 0.3) is 0 Å². The number of carbonyl (C=O) groups is 2. The molecule has 0 bridgehead atoms. The van der Waals surface area contributed by atoms with E-state index in [0.29, 0.717) is 12.0 Å². The van der Waals surface area contributed by atoms with Crippen LogP contribution in [0.5, 0.6) is 0 Å². The van der Waals surface area contributed by atoms with Crippen molar-refractivity contribution in [3.63, 3.8) is 0 Å². The van der Waals surface area contributed by atoms with Crippen molar-refractivity contribution in [2.24, 2.45) is 11.8 Å². The molecule has 0 radical (unpaired) electrons. The number of fused-ring (bicyclic) bond motifs is 1. The second-order valence-corrected chi connectivity index (χ2v) is 4.53. The van der Waals surface area contributed by atoms with E-state index < -0.39 is 5.92 Å². The third kappa shape index (κ3) is 1.86. The van der Waals surface area contributed by atoms with E-state index in [0.717, 1.165) is 0 Å². The first-order valence-electron chi connectivity index (χ1n) is 6.11. The molecule has 2 atom stereocenters. The van der Waals surface area contributed by atoms with E-state index in [2.05, 4.69) is 0 Å². The van der Waals surface area contributed by atoms with Crippen LogP contribution in [0.1, 0.15) is 20.3 Å². The molecule has 0 heterocycles. The smallest absolute Gasteiger partial charge is 0.171 e. The van der Waals surface area contributed by atoms with Crippen LogP contribution in [0, 0.1) is 11.8 Å². The van der Waals surface area contributed by atoms with Crippen LogP contribution in [0.4, 0.5) is 0 Å². The predicted octanol–water partition coefficient (Wildman–Crippen LogP) is 2.67. The highest BCUT2D eigenvalue weighted by atomic mass is 16.3. The van der Waals surface area contributed by atoms with Crippen molar-refractivity contribution in [1.29, 1.82) is 0 Å². The molecule has 1 N–H and O–H groups in total. The van der Waals surface area contributed by atoms with Gasteiger partial charge in [0, 0.05) is 11.5 Å². The van der Waals surface area contributed by atoms with Gasteiger partial charge >= 0.3 is 0 Å². The van der Waals surface area contributed by atoms with Gasteiger partial charge in [-0.15, -0.1) is 0 Å². The Kier molecular flexibility index (Phi) is 3.32. The molecule has 2 aliphatic carbocycles. The summed E-state index contributed by atoms with van der Waals surface area (Å²) in [4.78, 5) is 24.0. The van der Waals surface area contributed by atoms with Crippen molar-refractivity contribution in [2.45, 2.75) is 20.3 Å². The molecule has 0 aromatic carbocycles. The number of allylic oxidation sites excluding steroid dienone is 7. The maximum atomic E-state index is 12.4. The topological polar surface area (TPSA) is 54.4 Å². The molecule has 94 valence electrons. The van der Waals surface area contributed by atoms with E-state index in [1.807, 2.05) is 6.92 Å². The summed E-state index contributed by atoms with van der Waals surface area (Å²) in [5, 5.41) is 10.2. The Morgan fingerprint density at radius 2 is 1.94 bits per heavy atom. The molecule has 0 saturated carbocycles. The van der Waals surface area contributed by atoms with Gasteiger partial charge in [0.2, 0.25) is 0 Å². The van der Waals surface area contributed by atoms with Gasteiger partial charge in [0.15, 0.2) is 11.6 Å². The van der Waals surface area contributed by atoms with Gasteiger partial charge in [-0.2, -0.15) is 0 Å². The van der Waals surface area contributed by atoms with Crippen LogP contribution in [0.25, 0.3) is 0 Å². The summed E-state index contributed by atoms with van der Waals surface area (Å²) >= 11 is 0. The van der Waals surface area contributed by atoms with Crippen LogP contribution in [0.15, 0.2) is 47.3 Å². The minimum Gasteiger partial charge on any atom is -0.511 e. The number of rotatable bonds is 2. The molecule has 0 amide bonds. The van der Waals surface area contributed by atoms with E-state index in [9.17, 15) is 14.7 Å². The van der Waals surface area contributed by atoms with Crippen molar-refractivity contribution >= 4 is 11.6 Å². The molecule has 0 aromatic heterocycles. The zero-order valence-electron chi connectivity index (χ0n) is 10.5. The standard InChI is InChI=1S/C15H16O3/c1-3-6-12-13(9(2)16)15(18)11-8-5-4-7-10(11)14(12)17/h4-8,10-11,18H,3H2,1-2H3/b12-6+. The predicted molar refractivity (Wildman–Crippen MR) is 69.0 cm³/mol. The number of aliphatic hydroxyl groups excluding tert-OH is 1. The summed E-state index contributed by atoms with van der Waals surface area (Å²) < 4.78 is 0. The summed E-state index contributed by atoms with van der Waals surface area (Å²) in [6.07, 6.45) is 9.51. The lowest BCUT2D eigenvalue weighted by Gasteiger charge is -2.30. The third-order valence-electron chi connectivity index (χ3n) is 3.30. The number of carbonyl (C=O) groups excluding carboxylic acids is 2. The van der Waals surface area contributed by atoms with Gasteiger partial charge in [-0.3, -0.25) is 9.59 Å². The molecule has 2 unspecified atom stereocenters. The molecule has 18 heavy (non-hydrogen) atoms. The van der Waals surface area contributed by atoms with Crippen molar-refractivity contribution < 1.29 is 14.7 Å². The SMILES string of the molecule is CC/C=C1/C(=O)C2C=CC=CC2C(O)=C1C(C)=O. The van der Waals surface area contributed by atoms with E-state index in [1.165, 1.54) is 6.92 Å². The van der Waals surface area contributed by atoms with Gasteiger partial charge in [0.05, 0.1) is 11.5 Å². The molecule has 2 aliphatic rings. The number of hydrogen-bond donors (Lipinski definition) is 1. The van der Waals surface area contributed by atoms with Crippen molar-refractivity contribution in [1.82, 2.24) is 0 Å². The van der Waals surface area contributed by atoms with Gasteiger partial charge in [-0.05, 0) is 13.3 Å². The number of hydrogen-bond acceptors (Lipinski definition) is 3. The average molecular weight is 244 g/mol. The second-order valence-electron chi connectivity index (χ2n) is 4.53. The number of ketones is 2. The first kappa shape index (κ1) is 12.6. The van der Waals surface area contributed by atoms with Crippen molar-refractivity contribution in [3.05, 3.63) is 47.3 Å². The fourth-order valence-electron chi connectivity index (χ4n) is 2.50. The van der Waals surface area contributed by atoms with Gasteiger partial charge in [-0.1, -0.05) is 37.3 Å². The average Bonchev–Trinajstić information content (AvgIpc) is 2.35. The minimum absolute atomic E-state index is 0.0207. The monoisotopic (exact) mass is 244 g/mol. The third-order valence-corrected chi connectivity index (χ3v) is 3.30. The fourth-order valence-corrected chi connectivity index (χ4v) is 2.50. The van der Waals surface area contributed by atoms with E-state index in [4.69, 9.17) is 0 Å². The van der Waals surface area contributed by atoms with Gasteiger partial charge in [-0.25, -0.2) is 0 Å². The summed E-state index contributed by atoms with van der Waals surface area (Å²) in [6.45, 7) is 3.28. The van der Waals surface area contributed by atoms with E-state index >= 15 is 0 Å². The molecule has 3 nitrogen and oxygen atoms in total. The quantitative estimate of drug-likeness (QED) is 0.760. The van der Waals surface area contributed by atoms with Crippen LogP contribution < -0.4 is 0 Å². The van der Waals surface area contributed by atoms with Crippen LogP contribution in [0.3, 0.4) is 0 Å². The maximum Gasteiger partial charge on any atom is 0.171 e. The minimum atomic E-state index is -0.393. The fraction of sp³-hybridized carbons (Fsp3) is 0.333. The Hall–Kier alpha value is -1.90. The number of aliphatic hydroxyl groups is 1. The Labute approximate surface area is 106 Å².